The van der Waals surface area contributed by atoms with E-state index in [0.29, 0.717) is 12.2 Å². The number of rotatable bonds is 3. The number of hydrogen-bond donors (Lipinski definition) is 1. The molecule has 0 fully saturated rings. The van der Waals surface area contributed by atoms with E-state index in [0.717, 1.165) is 15.7 Å². The van der Waals surface area contributed by atoms with E-state index in [1.54, 1.807) is 10.7 Å². The Bertz CT molecular complexity index is 537. The van der Waals surface area contributed by atoms with Crippen LogP contribution in [-0.2, 0) is 13.6 Å². The largest absolute Gasteiger partial charge is 0.378 e. The number of aryl methyl sites for hydroxylation is 2. The number of nitrogens with zero attached hydrogens (tertiary/aromatic N) is 2. The minimum absolute atomic E-state index is 0.263. The predicted molar refractivity (Wildman–Crippen MR) is 69.4 cm³/mol. The van der Waals surface area contributed by atoms with Crippen molar-refractivity contribution >= 4 is 21.6 Å². The molecule has 0 aliphatic rings. The van der Waals surface area contributed by atoms with E-state index in [2.05, 4.69) is 26.3 Å². The summed E-state index contributed by atoms with van der Waals surface area (Å²) in [4.78, 5) is 0. The van der Waals surface area contributed by atoms with Gasteiger partial charge in [0.2, 0.25) is 0 Å². The van der Waals surface area contributed by atoms with Crippen LogP contribution in [-0.4, -0.2) is 9.78 Å². The molecular weight excluding hydrogens is 285 g/mol. The van der Waals surface area contributed by atoms with Crippen LogP contribution in [0.15, 0.2) is 28.9 Å². The highest BCUT2D eigenvalue weighted by molar-refractivity contribution is 9.10. The molecule has 1 N–H and O–H groups in total. The first-order valence-corrected chi connectivity index (χ1v) is 6.03. The van der Waals surface area contributed by atoms with E-state index in [1.165, 1.54) is 6.07 Å². The molecule has 0 atom stereocenters. The van der Waals surface area contributed by atoms with Crippen LogP contribution >= 0.6 is 15.9 Å². The van der Waals surface area contributed by atoms with Gasteiger partial charge in [0, 0.05) is 29.8 Å². The minimum Gasteiger partial charge on any atom is -0.378 e. The van der Waals surface area contributed by atoms with Gasteiger partial charge in [-0.2, -0.15) is 5.10 Å². The molecule has 17 heavy (non-hydrogen) atoms. The fourth-order valence-electron chi connectivity index (χ4n) is 1.65. The molecule has 90 valence electrons. The molecule has 1 heterocycles. The average molecular weight is 298 g/mol. The first kappa shape index (κ1) is 12.1. The summed E-state index contributed by atoms with van der Waals surface area (Å²) in [5.41, 5.74) is 2.52. The lowest BCUT2D eigenvalue weighted by molar-refractivity contribution is 0.629. The van der Waals surface area contributed by atoms with Gasteiger partial charge in [-0.1, -0.05) is 15.9 Å². The summed E-state index contributed by atoms with van der Waals surface area (Å²) < 4.78 is 16.0. The van der Waals surface area contributed by atoms with Crippen molar-refractivity contribution in [1.82, 2.24) is 9.78 Å². The lowest BCUT2D eigenvalue weighted by Crippen LogP contribution is -2.01. The highest BCUT2D eigenvalue weighted by atomic mass is 79.9. The third kappa shape index (κ3) is 2.85. The maximum absolute atomic E-state index is 13.5. The van der Waals surface area contributed by atoms with E-state index < -0.39 is 0 Å². The summed E-state index contributed by atoms with van der Waals surface area (Å²) in [5, 5.41) is 7.30. The molecular formula is C12H13BrFN3. The highest BCUT2D eigenvalue weighted by Crippen LogP contribution is 2.20. The number of anilines is 1. The SMILES string of the molecule is Cc1nn(C)cc1CNc1ccc(Br)cc1F. The molecule has 0 aliphatic heterocycles. The zero-order valence-corrected chi connectivity index (χ0v) is 11.3. The third-order valence-corrected chi connectivity index (χ3v) is 3.01. The molecule has 1 aromatic heterocycles. The van der Waals surface area contributed by atoms with Gasteiger partial charge in [-0.25, -0.2) is 4.39 Å². The molecule has 2 rings (SSSR count). The number of aromatic nitrogens is 2. The summed E-state index contributed by atoms with van der Waals surface area (Å²) in [6.45, 7) is 2.51. The van der Waals surface area contributed by atoms with Crippen LogP contribution in [0.2, 0.25) is 0 Å². The Hall–Kier alpha value is -1.36. The number of nitrogens with one attached hydrogen (secondary N) is 1. The van der Waals surface area contributed by atoms with Crippen molar-refractivity contribution in [2.45, 2.75) is 13.5 Å². The maximum atomic E-state index is 13.5. The zero-order valence-electron chi connectivity index (χ0n) is 9.67. The Morgan fingerprint density at radius 2 is 2.24 bits per heavy atom. The van der Waals surface area contributed by atoms with Crippen LogP contribution in [0.25, 0.3) is 0 Å². The second-order valence-electron chi connectivity index (χ2n) is 3.89. The Balaban J connectivity index is 2.10. The number of hydrogen-bond acceptors (Lipinski definition) is 2. The van der Waals surface area contributed by atoms with Gasteiger partial charge in [0.1, 0.15) is 5.82 Å². The van der Waals surface area contributed by atoms with Gasteiger partial charge in [0.25, 0.3) is 0 Å². The monoisotopic (exact) mass is 297 g/mol. The standard InChI is InChI=1S/C12H13BrFN3/c1-8-9(7-17(2)16-8)6-15-12-4-3-10(13)5-11(12)14/h3-5,7,15H,6H2,1-2H3. The quantitative estimate of drug-likeness (QED) is 0.942. The maximum Gasteiger partial charge on any atom is 0.147 e. The molecule has 0 spiro atoms. The van der Waals surface area contributed by atoms with Crippen molar-refractivity contribution in [2.75, 3.05) is 5.32 Å². The molecule has 0 radical (unpaired) electrons. The molecule has 5 heteroatoms. The van der Waals surface area contributed by atoms with Gasteiger partial charge in [-0.05, 0) is 25.1 Å². The van der Waals surface area contributed by atoms with Crippen molar-refractivity contribution < 1.29 is 4.39 Å². The Morgan fingerprint density at radius 3 is 2.82 bits per heavy atom. The molecule has 1 aromatic carbocycles. The van der Waals surface area contributed by atoms with E-state index in [-0.39, 0.29) is 5.82 Å². The minimum atomic E-state index is -0.263. The van der Waals surface area contributed by atoms with E-state index in [9.17, 15) is 4.39 Å². The Labute approximate surface area is 108 Å². The predicted octanol–water partition coefficient (Wildman–Crippen LogP) is 3.24. The van der Waals surface area contributed by atoms with E-state index in [4.69, 9.17) is 0 Å². The van der Waals surface area contributed by atoms with E-state index >= 15 is 0 Å². The molecule has 0 saturated carbocycles. The fraction of sp³-hybridized carbons (Fsp3) is 0.250. The fourth-order valence-corrected chi connectivity index (χ4v) is 1.98. The van der Waals surface area contributed by atoms with E-state index in [1.807, 2.05) is 26.2 Å². The topological polar surface area (TPSA) is 29.9 Å². The second-order valence-corrected chi connectivity index (χ2v) is 4.81. The molecule has 0 aliphatic carbocycles. The van der Waals surface area contributed by atoms with Gasteiger partial charge in [-0.15, -0.1) is 0 Å². The molecule has 0 amide bonds. The second kappa shape index (κ2) is 4.87. The van der Waals surface area contributed by atoms with Crippen LogP contribution in [0.5, 0.6) is 0 Å². The first-order chi connectivity index (χ1) is 8.06. The Morgan fingerprint density at radius 1 is 1.47 bits per heavy atom. The summed E-state index contributed by atoms with van der Waals surface area (Å²) in [6, 6.07) is 4.96. The van der Waals surface area contributed by atoms with Crippen molar-refractivity contribution in [3.8, 4) is 0 Å². The van der Waals surface area contributed by atoms with Gasteiger partial charge in [0.05, 0.1) is 11.4 Å². The summed E-state index contributed by atoms with van der Waals surface area (Å²) in [5.74, 6) is -0.263. The van der Waals surface area contributed by atoms with Crippen LogP contribution in [0.4, 0.5) is 10.1 Å². The summed E-state index contributed by atoms with van der Waals surface area (Å²) >= 11 is 3.23. The van der Waals surface area contributed by atoms with Crippen molar-refractivity contribution in [1.29, 1.82) is 0 Å². The Kier molecular flexibility index (Phi) is 3.47. The molecule has 0 bridgehead atoms. The summed E-state index contributed by atoms with van der Waals surface area (Å²) in [7, 11) is 1.87. The van der Waals surface area contributed by atoms with Crippen LogP contribution in [0, 0.1) is 12.7 Å². The van der Waals surface area contributed by atoms with Gasteiger partial charge < -0.3 is 5.32 Å². The third-order valence-electron chi connectivity index (χ3n) is 2.52. The lowest BCUT2D eigenvalue weighted by Gasteiger charge is -2.06. The summed E-state index contributed by atoms with van der Waals surface area (Å²) in [6.07, 6.45) is 1.93. The number of halogens is 2. The average Bonchev–Trinajstić information content (AvgIpc) is 2.56. The molecule has 0 unspecified atom stereocenters. The first-order valence-electron chi connectivity index (χ1n) is 5.24. The zero-order chi connectivity index (χ0) is 12.4. The molecule has 0 saturated heterocycles. The van der Waals surface area contributed by atoms with Crippen LogP contribution in [0.3, 0.4) is 0 Å². The molecule has 3 nitrogen and oxygen atoms in total. The van der Waals surface area contributed by atoms with Crippen molar-refractivity contribution in [2.24, 2.45) is 7.05 Å². The van der Waals surface area contributed by atoms with Gasteiger partial charge in [0.15, 0.2) is 0 Å². The normalized spacial score (nSPS) is 10.6. The van der Waals surface area contributed by atoms with Crippen LogP contribution < -0.4 is 5.32 Å². The smallest absolute Gasteiger partial charge is 0.147 e. The molecule has 2 aromatic rings. The van der Waals surface area contributed by atoms with Crippen molar-refractivity contribution in [3.05, 3.63) is 45.9 Å². The highest BCUT2D eigenvalue weighted by Gasteiger charge is 2.05. The van der Waals surface area contributed by atoms with Crippen LogP contribution in [0.1, 0.15) is 11.3 Å². The number of benzene rings is 1. The van der Waals surface area contributed by atoms with Crippen molar-refractivity contribution in [3.63, 3.8) is 0 Å². The lowest BCUT2D eigenvalue weighted by atomic mass is 10.2. The van der Waals surface area contributed by atoms with Gasteiger partial charge in [-0.3, -0.25) is 4.68 Å². The van der Waals surface area contributed by atoms with Gasteiger partial charge >= 0.3 is 0 Å².